The van der Waals surface area contributed by atoms with Crippen LogP contribution in [0.25, 0.3) is 0 Å². The van der Waals surface area contributed by atoms with E-state index in [1.165, 1.54) is 12.5 Å². The number of piperidine rings is 1. The topological polar surface area (TPSA) is 53.8 Å². The standard InChI is InChI=1S/C15H20N2O3/c1-16(13-2-3-13)14(18)11-4-7-17(8-5-11)15(19)12-6-9-20-10-12/h6,9-11,13H,2-5,7-8H2,1H3. The normalized spacial score (nSPS) is 19.9. The highest BCUT2D eigenvalue weighted by Gasteiger charge is 2.35. The molecule has 1 aromatic rings. The second kappa shape index (κ2) is 5.31. The van der Waals surface area contributed by atoms with Crippen LogP contribution >= 0.6 is 0 Å². The van der Waals surface area contributed by atoms with Crippen LogP contribution in [0.3, 0.4) is 0 Å². The molecule has 2 aliphatic rings. The van der Waals surface area contributed by atoms with Crippen LogP contribution in [0.15, 0.2) is 23.0 Å². The highest BCUT2D eigenvalue weighted by molar-refractivity contribution is 5.94. The predicted molar refractivity (Wildman–Crippen MR) is 73.1 cm³/mol. The molecule has 3 rings (SSSR count). The number of rotatable bonds is 3. The van der Waals surface area contributed by atoms with Gasteiger partial charge in [-0.3, -0.25) is 9.59 Å². The number of amides is 2. The first-order valence-corrected chi connectivity index (χ1v) is 7.25. The summed E-state index contributed by atoms with van der Waals surface area (Å²) in [5.41, 5.74) is 0.588. The lowest BCUT2D eigenvalue weighted by Crippen LogP contribution is -2.43. The van der Waals surface area contributed by atoms with Gasteiger partial charge in [0.15, 0.2) is 0 Å². The van der Waals surface area contributed by atoms with Gasteiger partial charge in [-0.2, -0.15) is 0 Å². The van der Waals surface area contributed by atoms with Crippen LogP contribution < -0.4 is 0 Å². The minimum atomic E-state index is 0.000182. The summed E-state index contributed by atoms with van der Waals surface area (Å²) < 4.78 is 4.94. The molecule has 0 N–H and O–H groups in total. The number of carbonyl (C=O) groups is 2. The highest BCUT2D eigenvalue weighted by atomic mass is 16.3. The summed E-state index contributed by atoms with van der Waals surface area (Å²) in [6, 6.07) is 2.15. The van der Waals surface area contributed by atoms with Crippen molar-refractivity contribution in [1.29, 1.82) is 0 Å². The fourth-order valence-electron chi connectivity index (χ4n) is 2.83. The summed E-state index contributed by atoms with van der Waals surface area (Å²) in [6.07, 6.45) is 6.79. The Labute approximate surface area is 118 Å². The van der Waals surface area contributed by atoms with Crippen LogP contribution in [-0.4, -0.2) is 47.8 Å². The van der Waals surface area contributed by atoms with Gasteiger partial charge in [-0.1, -0.05) is 0 Å². The Bertz CT molecular complexity index is 485. The van der Waals surface area contributed by atoms with Gasteiger partial charge in [0, 0.05) is 32.1 Å². The van der Waals surface area contributed by atoms with Crippen molar-refractivity contribution in [3.63, 3.8) is 0 Å². The van der Waals surface area contributed by atoms with Gasteiger partial charge in [-0.15, -0.1) is 0 Å². The summed E-state index contributed by atoms with van der Waals surface area (Å²) in [6.45, 7) is 1.30. The fourth-order valence-corrected chi connectivity index (χ4v) is 2.83. The SMILES string of the molecule is CN(C(=O)C1CCN(C(=O)c2ccoc2)CC1)C1CC1. The summed E-state index contributed by atoms with van der Waals surface area (Å²) in [7, 11) is 1.91. The lowest BCUT2D eigenvalue weighted by Gasteiger charge is -2.33. The molecule has 0 radical (unpaired) electrons. The van der Waals surface area contributed by atoms with Crippen LogP contribution in [-0.2, 0) is 4.79 Å². The minimum absolute atomic E-state index is 0.000182. The van der Waals surface area contributed by atoms with Gasteiger partial charge in [0.2, 0.25) is 5.91 Å². The third kappa shape index (κ3) is 2.57. The van der Waals surface area contributed by atoms with Gasteiger partial charge in [0.1, 0.15) is 6.26 Å². The molecule has 20 heavy (non-hydrogen) atoms. The van der Waals surface area contributed by atoms with Crippen LogP contribution in [0.4, 0.5) is 0 Å². The van der Waals surface area contributed by atoms with E-state index in [2.05, 4.69) is 0 Å². The molecule has 5 nitrogen and oxygen atoms in total. The molecule has 5 heteroatoms. The van der Waals surface area contributed by atoms with Gasteiger partial charge in [-0.25, -0.2) is 0 Å². The molecule has 0 unspecified atom stereocenters. The molecule has 2 fully saturated rings. The molecule has 1 aromatic heterocycles. The average molecular weight is 276 g/mol. The Morgan fingerprint density at radius 3 is 2.50 bits per heavy atom. The first-order valence-electron chi connectivity index (χ1n) is 7.25. The number of hydrogen-bond acceptors (Lipinski definition) is 3. The van der Waals surface area contributed by atoms with Crippen molar-refractivity contribution in [1.82, 2.24) is 9.80 Å². The second-order valence-electron chi connectivity index (χ2n) is 5.76. The summed E-state index contributed by atoms with van der Waals surface area (Å²) in [5.74, 6) is 0.331. The fraction of sp³-hybridized carbons (Fsp3) is 0.600. The summed E-state index contributed by atoms with van der Waals surface area (Å²) in [4.78, 5) is 28.2. The van der Waals surface area contributed by atoms with Gasteiger partial charge in [0.25, 0.3) is 5.91 Å². The maximum absolute atomic E-state index is 12.3. The molecule has 1 saturated carbocycles. The van der Waals surface area contributed by atoms with Crippen molar-refractivity contribution in [2.24, 2.45) is 5.92 Å². The van der Waals surface area contributed by atoms with Crippen molar-refractivity contribution in [3.05, 3.63) is 24.2 Å². The molecule has 1 saturated heterocycles. The maximum Gasteiger partial charge on any atom is 0.257 e. The van der Waals surface area contributed by atoms with E-state index in [9.17, 15) is 9.59 Å². The minimum Gasteiger partial charge on any atom is -0.472 e. The van der Waals surface area contributed by atoms with Crippen molar-refractivity contribution >= 4 is 11.8 Å². The largest absolute Gasteiger partial charge is 0.472 e. The van der Waals surface area contributed by atoms with E-state index < -0.39 is 0 Å². The van der Waals surface area contributed by atoms with E-state index >= 15 is 0 Å². The Balaban J connectivity index is 1.54. The van der Waals surface area contributed by atoms with E-state index in [0.717, 1.165) is 25.7 Å². The van der Waals surface area contributed by atoms with Gasteiger partial charge in [0.05, 0.1) is 11.8 Å². The number of likely N-dealkylation sites (tertiary alicyclic amines) is 1. The molecule has 0 aromatic carbocycles. The van der Waals surface area contributed by atoms with E-state index in [4.69, 9.17) is 4.42 Å². The summed E-state index contributed by atoms with van der Waals surface area (Å²) >= 11 is 0. The van der Waals surface area contributed by atoms with E-state index in [1.54, 1.807) is 6.07 Å². The number of furan rings is 1. The molecule has 1 aliphatic carbocycles. The van der Waals surface area contributed by atoms with E-state index in [1.807, 2.05) is 16.8 Å². The Morgan fingerprint density at radius 1 is 1.25 bits per heavy atom. The van der Waals surface area contributed by atoms with E-state index in [-0.39, 0.29) is 17.7 Å². The predicted octanol–water partition coefficient (Wildman–Crippen LogP) is 1.75. The van der Waals surface area contributed by atoms with Crippen molar-refractivity contribution < 1.29 is 14.0 Å². The zero-order valence-corrected chi connectivity index (χ0v) is 11.7. The van der Waals surface area contributed by atoms with Gasteiger partial charge < -0.3 is 14.2 Å². The van der Waals surface area contributed by atoms with E-state index in [0.29, 0.717) is 24.7 Å². The Hall–Kier alpha value is -1.78. The van der Waals surface area contributed by atoms with Crippen LogP contribution in [0.2, 0.25) is 0 Å². The molecule has 2 amide bonds. The lowest BCUT2D eigenvalue weighted by molar-refractivity contribution is -0.136. The molecule has 0 atom stereocenters. The quantitative estimate of drug-likeness (QED) is 0.845. The number of carbonyl (C=O) groups excluding carboxylic acids is 2. The third-order valence-electron chi connectivity index (χ3n) is 4.34. The third-order valence-corrected chi connectivity index (χ3v) is 4.34. The first kappa shape index (κ1) is 13.2. The number of nitrogens with zero attached hydrogens (tertiary/aromatic N) is 2. The zero-order chi connectivity index (χ0) is 14.1. The lowest BCUT2D eigenvalue weighted by atomic mass is 9.95. The molecule has 1 aliphatic heterocycles. The molecular weight excluding hydrogens is 256 g/mol. The second-order valence-corrected chi connectivity index (χ2v) is 5.76. The van der Waals surface area contributed by atoms with Gasteiger partial charge >= 0.3 is 0 Å². The zero-order valence-electron chi connectivity index (χ0n) is 11.7. The Morgan fingerprint density at radius 2 is 1.95 bits per heavy atom. The van der Waals surface area contributed by atoms with Crippen molar-refractivity contribution in [2.45, 2.75) is 31.7 Å². The molecule has 0 bridgehead atoms. The molecule has 108 valence electrons. The molecule has 0 spiro atoms. The van der Waals surface area contributed by atoms with Crippen LogP contribution in [0.5, 0.6) is 0 Å². The highest BCUT2D eigenvalue weighted by Crippen LogP contribution is 2.29. The summed E-state index contributed by atoms with van der Waals surface area (Å²) in [5, 5.41) is 0. The monoisotopic (exact) mass is 276 g/mol. The maximum atomic E-state index is 12.3. The smallest absolute Gasteiger partial charge is 0.257 e. The van der Waals surface area contributed by atoms with Gasteiger partial charge in [-0.05, 0) is 31.7 Å². The Kier molecular flexibility index (Phi) is 3.51. The number of hydrogen-bond donors (Lipinski definition) is 0. The van der Waals surface area contributed by atoms with Crippen LogP contribution in [0, 0.1) is 5.92 Å². The van der Waals surface area contributed by atoms with Crippen molar-refractivity contribution in [2.75, 3.05) is 20.1 Å². The average Bonchev–Trinajstić information content (AvgIpc) is 3.20. The molecule has 2 heterocycles. The van der Waals surface area contributed by atoms with Crippen LogP contribution in [0.1, 0.15) is 36.0 Å². The molecular formula is C15H20N2O3. The van der Waals surface area contributed by atoms with Crippen molar-refractivity contribution in [3.8, 4) is 0 Å². The first-order chi connectivity index (χ1) is 9.66.